The van der Waals surface area contributed by atoms with Crippen molar-refractivity contribution in [3.8, 4) is 17.6 Å². The zero-order valence-corrected chi connectivity index (χ0v) is 8.90. The van der Waals surface area contributed by atoms with Gasteiger partial charge in [-0.3, -0.25) is 0 Å². The molecule has 0 heterocycles. The first-order valence-electron chi connectivity index (χ1n) is 4.44. The number of phenols is 1. The van der Waals surface area contributed by atoms with E-state index in [1.54, 1.807) is 13.8 Å². The van der Waals surface area contributed by atoms with Gasteiger partial charge in [0.1, 0.15) is 6.07 Å². The quantitative estimate of drug-likeness (QED) is 0.770. The van der Waals surface area contributed by atoms with Gasteiger partial charge in [0.25, 0.3) is 0 Å². The molecule has 4 heteroatoms. The third-order valence-electron chi connectivity index (χ3n) is 2.12. The second-order valence-electron chi connectivity index (χ2n) is 3.75. The Morgan fingerprint density at radius 3 is 2.40 bits per heavy atom. The van der Waals surface area contributed by atoms with Crippen molar-refractivity contribution in [3.63, 3.8) is 0 Å². The number of nitrogens with zero attached hydrogens (tertiary/aromatic N) is 1. The fourth-order valence-electron chi connectivity index (χ4n) is 1.20. The number of hydrogen-bond donors (Lipinski definition) is 2. The second-order valence-corrected chi connectivity index (χ2v) is 3.75. The first-order valence-corrected chi connectivity index (χ1v) is 4.44. The third-order valence-corrected chi connectivity index (χ3v) is 2.12. The van der Waals surface area contributed by atoms with Gasteiger partial charge in [-0.25, -0.2) is 0 Å². The summed E-state index contributed by atoms with van der Waals surface area (Å²) in [5.41, 5.74) is -0.466. The minimum atomic E-state index is -1.08. The van der Waals surface area contributed by atoms with Crippen LogP contribution in [0.3, 0.4) is 0 Å². The number of benzene rings is 1. The van der Waals surface area contributed by atoms with Crippen molar-refractivity contribution < 1.29 is 14.9 Å². The first-order chi connectivity index (χ1) is 6.90. The Morgan fingerprint density at radius 2 is 2.00 bits per heavy atom. The van der Waals surface area contributed by atoms with E-state index in [2.05, 4.69) is 0 Å². The van der Waals surface area contributed by atoms with E-state index in [1.165, 1.54) is 19.2 Å². The number of hydrogen-bond acceptors (Lipinski definition) is 4. The molecule has 1 aromatic carbocycles. The van der Waals surface area contributed by atoms with Crippen molar-refractivity contribution >= 4 is 0 Å². The van der Waals surface area contributed by atoms with Crippen LogP contribution in [0.5, 0.6) is 11.5 Å². The van der Waals surface area contributed by atoms with Crippen molar-refractivity contribution in [3.05, 3.63) is 23.3 Å². The van der Waals surface area contributed by atoms with Gasteiger partial charge in [0.2, 0.25) is 0 Å². The summed E-state index contributed by atoms with van der Waals surface area (Å²) in [6.45, 7) is 3.19. The standard InChI is InChI=1S/C11H13NO3/c1-11(2,14)8-4-7(6-12)10(13)9(5-8)15-3/h4-5,13-14H,1-3H3. The van der Waals surface area contributed by atoms with Crippen LogP contribution in [0.2, 0.25) is 0 Å². The highest BCUT2D eigenvalue weighted by Crippen LogP contribution is 2.34. The van der Waals surface area contributed by atoms with Gasteiger partial charge in [0.05, 0.1) is 18.3 Å². The van der Waals surface area contributed by atoms with Crippen molar-refractivity contribution in [1.29, 1.82) is 5.26 Å². The third kappa shape index (κ3) is 2.20. The minimum absolute atomic E-state index is 0.0893. The van der Waals surface area contributed by atoms with E-state index in [4.69, 9.17) is 10.00 Å². The molecule has 0 amide bonds. The predicted molar refractivity (Wildman–Crippen MR) is 54.6 cm³/mol. The van der Waals surface area contributed by atoms with E-state index in [9.17, 15) is 10.2 Å². The molecule has 0 aliphatic rings. The fourth-order valence-corrected chi connectivity index (χ4v) is 1.20. The van der Waals surface area contributed by atoms with E-state index < -0.39 is 5.60 Å². The number of phenolic OH excluding ortho intramolecular Hbond substituents is 1. The number of nitriles is 1. The Kier molecular flexibility index (Phi) is 2.87. The van der Waals surface area contributed by atoms with E-state index in [1.807, 2.05) is 6.07 Å². The summed E-state index contributed by atoms with van der Waals surface area (Å²) in [6.07, 6.45) is 0. The molecule has 0 aliphatic carbocycles. The molecule has 0 bridgehead atoms. The molecule has 0 aliphatic heterocycles. The van der Waals surface area contributed by atoms with Gasteiger partial charge >= 0.3 is 0 Å². The number of aromatic hydroxyl groups is 1. The Morgan fingerprint density at radius 1 is 1.40 bits per heavy atom. The number of aliphatic hydroxyl groups is 1. The van der Waals surface area contributed by atoms with Crippen molar-refractivity contribution in [2.45, 2.75) is 19.4 Å². The monoisotopic (exact) mass is 207 g/mol. The van der Waals surface area contributed by atoms with Crippen LogP contribution in [-0.2, 0) is 5.60 Å². The maximum absolute atomic E-state index is 9.77. The molecule has 0 saturated carbocycles. The zero-order chi connectivity index (χ0) is 11.6. The van der Waals surface area contributed by atoms with E-state index in [0.29, 0.717) is 5.56 Å². The van der Waals surface area contributed by atoms with Crippen molar-refractivity contribution in [1.82, 2.24) is 0 Å². The highest BCUT2D eigenvalue weighted by Gasteiger charge is 2.20. The molecule has 80 valence electrons. The van der Waals surface area contributed by atoms with Gasteiger partial charge in [-0.2, -0.15) is 5.26 Å². The number of methoxy groups -OCH3 is 1. The second kappa shape index (κ2) is 3.79. The summed E-state index contributed by atoms with van der Waals surface area (Å²) in [6, 6.07) is 4.79. The zero-order valence-electron chi connectivity index (χ0n) is 8.90. The summed E-state index contributed by atoms with van der Waals surface area (Å²) in [5, 5.41) is 28.1. The van der Waals surface area contributed by atoms with Crippen LogP contribution in [0.25, 0.3) is 0 Å². The smallest absolute Gasteiger partial charge is 0.175 e. The lowest BCUT2D eigenvalue weighted by Gasteiger charge is -2.19. The van der Waals surface area contributed by atoms with Crippen molar-refractivity contribution in [2.24, 2.45) is 0 Å². The SMILES string of the molecule is COc1cc(C(C)(C)O)cc(C#N)c1O. The van der Waals surface area contributed by atoms with Crippen LogP contribution >= 0.6 is 0 Å². The van der Waals surface area contributed by atoms with Gasteiger partial charge < -0.3 is 14.9 Å². The van der Waals surface area contributed by atoms with E-state index >= 15 is 0 Å². The lowest BCUT2D eigenvalue weighted by atomic mass is 9.96. The highest BCUT2D eigenvalue weighted by molar-refractivity contribution is 5.54. The summed E-state index contributed by atoms with van der Waals surface area (Å²) in [5.74, 6) is -0.0147. The van der Waals surface area contributed by atoms with Crippen LogP contribution < -0.4 is 4.74 Å². The molecular formula is C11H13NO3. The van der Waals surface area contributed by atoms with Crippen LogP contribution in [0.1, 0.15) is 25.0 Å². The molecule has 1 aromatic rings. The Bertz CT molecular complexity index is 413. The van der Waals surface area contributed by atoms with Gasteiger partial charge in [-0.05, 0) is 31.5 Å². The average Bonchev–Trinajstić information content (AvgIpc) is 2.16. The molecule has 15 heavy (non-hydrogen) atoms. The number of rotatable bonds is 2. The molecule has 2 N–H and O–H groups in total. The molecule has 0 atom stereocenters. The summed E-state index contributed by atoms with van der Waals surface area (Å²) in [4.78, 5) is 0. The maximum Gasteiger partial charge on any atom is 0.175 e. The Hall–Kier alpha value is -1.73. The van der Waals surface area contributed by atoms with Gasteiger partial charge in [0, 0.05) is 0 Å². The van der Waals surface area contributed by atoms with Gasteiger partial charge in [-0.15, -0.1) is 0 Å². The highest BCUT2D eigenvalue weighted by atomic mass is 16.5. The van der Waals surface area contributed by atoms with Crippen LogP contribution in [-0.4, -0.2) is 17.3 Å². The summed E-state index contributed by atoms with van der Waals surface area (Å²) < 4.78 is 4.91. The molecule has 0 saturated heterocycles. The molecule has 1 rings (SSSR count). The molecule has 0 spiro atoms. The van der Waals surface area contributed by atoms with Gasteiger partial charge in [-0.1, -0.05) is 0 Å². The van der Waals surface area contributed by atoms with Gasteiger partial charge in [0.15, 0.2) is 11.5 Å². The van der Waals surface area contributed by atoms with E-state index in [-0.39, 0.29) is 17.1 Å². The minimum Gasteiger partial charge on any atom is -0.503 e. The molecular weight excluding hydrogens is 194 g/mol. The topological polar surface area (TPSA) is 73.5 Å². The van der Waals surface area contributed by atoms with Crippen molar-refractivity contribution in [2.75, 3.05) is 7.11 Å². The van der Waals surface area contributed by atoms with Crippen LogP contribution in [0, 0.1) is 11.3 Å². The first kappa shape index (κ1) is 11.3. The van der Waals surface area contributed by atoms with Crippen LogP contribution in [0.4, 0.5) is 0 Å². The molecule has 0 unspecified atom stereocenters. The molecule has 0 aromatic heterocycles. The predicted octanol–water partition coefficient (Wildman–Crippen LogP) is 1.50. The lowest BCUT2D eigenvalue weighted by Crippen LogP contribution is -2.15. The lowest BCUT2D eigenvalue weighted by molar-refractivity contribution is 0.0782. The van der Waals surface area contributed by atoms with E-state index in [0.717, 1.165) is 0 Å². The largest absolute Gasteiger partial charge is 0.503 e. The molecule has 0 fully saturated rings. The fraction of sp³-hybridized carbons (Fsp3) is 0.364. The average molecular weight is 207 g/mol. The molecule has 4 nitrogen and oxygen atoms in total. The maximum atomic E-state index is 9.77. The van der Waals surface area contributed by atoms with Crippen LogP contribution in [0.15, 0.2) is 12.1 Å². The summed E-state index contributed by atoms with van der Waals surface area (Å²) in [7, 11) is 1.39. The molecule has 0 radical (unpaired) electrons. The number of ether oxygens (including phenoxy) is 1. The normalized spacial score (nSPS) is 10.9. The summed E-state index contributed by atoms with van der Waals surface area (Å²) >= 11 is 0. The Labute approximate surface area is 88.4 Å². The Balaban J connectivity index is 3.42.